The average Bonchev–Trinajstić information content (AvgIpc) is 2.86. The molecule has 1 amide bonds. The van der Waals surface area contributed by atoms with E-state index in [1.165, 1.54) is 0 Å². The van der Waals surface area contributed by atoms with Crippen LogP contribution >= 0.6 is 24.8 Å². The molecule has 116 valence electrons. The third kappa shape index (κ3) is 4.11. The van der Waals surface area contributed by atoms with Crippen LogP contribution in [0.1, 0.15) is 38.6 Å². The molecule has 0 saturated carbocycles. The first kappa shape index (κ1) is 19.2. The summed E-state index contributed by atoms with van der Waals surface area (Å²) in [7, 11) is 0. The van der Waals surface area contributed by atoms with Crippen LogP contribution < -0.4 is 5.73 Å². The molecule has 0 radical (unpaired) electrons. The number of imidazole rings is 1. The largest absolute Gasteiger partial charge is 0.339 e. The van der Waals surface area contributed by atoms with Crippen molar-refractivity contribution in [1.82, 2.24) is 14.5 Å². The lowest BCUT2D eigenvalue weighted by atomic mass is 10.0. The predicted octanol–water partition coefficient (Wildman–Crippen LogP) is 1.80. The minimum absolute atomic E-state index is 0. The van der Waals surface area contributed by atoms with E-state index in [1.807, 2.05) is 17.3 Å². The lowest BCUT2D eigenvalue weighted by molar-refractivity contribution is -0.133. The van der Waals surface area contributed by atoms with E-state index in [4.69, 9.17) is 5.73 Å². The molecule has 20 heavy (non-hydrogen) atoms. The van der Waals surface area contributed by atoms with Gasteiger partial charge < -0.3 is 15.2 Å². The Morgan fingerprint density at radius 1 is 1.55 bits per heavy atom. The molecule has 1 aromatic rings. The molecule has 0 aromatic carbocycles. The van der Waals surface area contributed by atoms with Gasteiger partial charge in [0.15, 0.2) is 0 Å². The number of amides is 1. The maximum absolute atomic E-state index is 11.9. The molecule has 2 rings (SSSR count). The first-order valence-electron chi connectivity index (χ1n) is 6.69. The summed E-state index contributed by atoms with van der Waals surface area (Å²) in [6.45, 7) is 5.43. The SMILES string of the molecule is CCc1nccn1C1CCCN(C(=O)[C@@H](C)N)C1.Cl.Cl. The van der Waals surface area contributed by atoms with Crippen LogP contribution in [0.25, 0.3) is 0 Å². The Morgan fingerprint density at radius 2 is 2.25 bits per heavy atom. The number of nitrogens with two attached hydrogens (primary N) is 1. The van der Waals surface area contributed by atoms with E-state index in [1.54, 1.807) is 6.92 Å². The van der Waals surface area contributed by atoms with Gasteiger partial charge in [0.05, 0.1) is 12.1 Å². The number of rotatable bonds is 3. The lowest BCUT2D eigenvalue weighted by Gasteiger charge is -2.35. The first-order valence-corrected chi connectivity index (χ1v) is 6.69. The highest BCUT2D eigenvalue weighted by molar-refractivity contribution is 5.85. The van der Waals surface area contributed by atoms with Crippen LogP contribution in [0.2, 0.25) is 0 Å². The van der Waals surface area contributed by atoms with E-state index in [0.717, 1.165) is 38.2 Å². The van der Waals surface area contributed by atoms with E-state index in [2.05, 4.69) is 16.5 Å². The smallest absolute Gasteiger partial charge is 0.239 e. The van der Waals surface area contributed by atoms with Gasteiger partial charge in [-0.3, -0.25) is 4.79 Å². The van der Waals surface area contributed by atoms with Gasteiger partial charge >= 0.3 is 0 Å². The Labute approximate surface area is 132 Å². The fourth-order valence-corrected chi connectivity index (χ4v) is 2.62. The third-order valence-corrected chi connectivity index (χ3v) is 3.56. The highest BCUT2D eigenvalue weighted by atomic mass is 35.5. The fraction of sp³-hybridized carbons (Fsp3) is 0.692. The second kappa shape index (κ2) is 8.49. The van der Waals surface area contributed by atoms with Gasteiger partial charge in [-0.2, -0.15) is 0 Å². The van der Waals surface area contributed by atoms with Crippen LogP contribution in [0.4, 0.5) is 0 Å². The molecule has 5 nitrogen and oxygen atoms in total. The van der Waals surface area contributed by atoms with Gasteiger partial charge in [0.25, 0.3) is 0 Å². The quantitative estimate of drug-likeness (QED) is 0.922. The molecule has 2 N–H and O–H groups in total. The number of nitrogens with zero attached hydrogens (tertiary/aromatic N) is 3. The van der Waals surface area contributed by atoms with Crippen molar-refractivity contribution in [2.45, 2.75) is 45.2 Å². The zero-order valence-electron chi connectivity index (χ0n) is 12.0. The molecule has 7 heteroatoms. The second-order valence-corrected chi connectivity index (χ2v) is 4.97. The van der Waals surface area contributed by atoms with Crippen molar-refractivity contribution in [3.63, 3.8) is 0 Å². The average molecular weight is 323 g/mol. The molecule has 0 bridgehead atoms. The Bertz CT molecular complexity index is 422. The molecule has 2 heterocycles. The number of aryl methyl sites for hydroxylation is 1. The molecule has 0 aliphatic carbocycles. The lowest BCUT2D eigenvalue weighted by Crippen LogP contribution is -2.47. The monoisotopic (exact) mass is 322 g/mol. The van der Waals surface area contributed by atoms with Crippen LogP contribution in [0.5, 0.6) is 0 Å². The maximum Gasteiger partial charge on any atom is 0.239 e. The summed E-state index contributed by atoms with van der Waals surface area (Å²) >= 11 is 0. The fourth-order valence-electron chi connectivity index (χ4n) is 2.62. The molecule has 1 fully saturated rings. The highest BCUT2D eigenvalue weighted by Gasteiger charge is 2.26. The van der Waals surface area contributed by atoms with Crippen molar-refractivity contribution >= 4 is 30.7 Å². The third-order valence-electron chi connectivity index (χ3n) is 3.56. The summed E-state index contributed by atoms with van der Waals surface area (Å²) in [6, 6.07) is -0.0592. The number of hydrogen-bond donors (Lipinski definition) is 1. The van der Waals surface area contributed by atoms with E-state index in [0.29, 0.717) is 6.04 Å². The number of carbonyl (C=O) groups is 1. The standard InChI is InChI=1S/C13H22N4O.2ClH/c1-3-12-15-6-8-17(12)11-5-4-7-16(9-11)13(18)10(2)14;;/h6,8,10-11H,3-5,7,9,14H2,1-2H3;2*1H/t10-,11?;;/m1../s1. The van der Waals surface area contributed by atoms with Crippen LogP contribution in [0.15, 0.2) is 12.4 Å². The summed E-state index contributed by atoms with van der Waals surface area (Å²) in [6.07, 6.45) is 6.91. The zero-order valence-corrected chi connectivity index (χ0v) is 13.6. The van der Waals surface area contributed by atoms with Gasteiger partial charge in [0.2, 0.25) is 5.91 Å². The Balaban J connectivity index is 0.00000180. The molecular formula is C13H24Cl2N4O. The summed E-state index contributed by atoms with van der Waals surface area (Å²) in [5, 5.41) is 0. The molecule has 2 atom stereocenters. The maximum atomic E-state index is 11.9. The first-order chi connectivity index (χ1) is 8.63. The number of hydrogen-bond acceptors (Lipinski definition) is 3. The second-order valence-electron chi connectivity index (χ2n) is 4.97. The molecule has 1 aliphatic heterocycles. The van der Waals surface area contributed by atoms with Gasteiger partial charge in [-0.25, -0.2) is 4.98 Å². The number of carbonyl (C=O) groups excluding carboxylic acids is 1. The van der Waals surface area contributed by atoms with Crippen LogP contribution in [-0.4, -0.2) is 39.5 Å². The predicted molar refractivity (Wildman–Crippen MR) is 84.6 cm³/mol. The van der Waals surface area contributed by atoms with Crippen molar-refractivity contribution in [1.29, 1.82) is 0 Å². The van der Waals surface area contributed by atoms with E-state index < -0.39 is 6.04 Å². The van der Waals surface area contributed by atoms with Crippen molar-refractivity contribution in [2.75, 3.05) is 13.1 Å². The number of aromatic nitrogens is 2. The molecule has 0 spiro atoms. The Hall–Kier alpha value is -0.780. The number of piperidine rings is 1. The molecule has 1 unspecified atom stereocenters. The minimum Gasteiger partial charge on any atom is -0.339 e. The molecule has 1 aliphatic rings. The van der Waals surface area contributed by atoms with Crippen LogP contribution in [-0.2, 0) is 11.2 Å². The van der Waals surface area contributed by atoms with E-state index in [9.17, 15) is 4.79 Å². The van der Waals surface area contributed by atoms with Gasteiger partial charge in [0, 0.05) is 31.9 Å². The summed E-state index contributed by atoms with van der Waals surface area (Å²) in [5.74, 6) is 1.15. The van der Waals surface area contributed by atoms with Crippen molar-refractivity contribution in [3.8, 4) is 0 Å². The molecule has 1 aromatic heterocycles. The van der Waals surface area contributed by atoms with E-state index in [-0.39, 0.29) is 30.7 Å². The summed E-state index contributed by atoms with van der Waals surface area (Å²) < 4.78 is 2.21. The highest BCUT2D eigenvalue weighted by Crippen LogP contribution is 2.23. The van der Waals surface area contributed by atoms with Crippen molar-refractivity contribution < 1.29 is 4.79 Å². The topological polar surface area (TPSA) is 64.2 Å². The van der Waals surface area contributed by atoms with Crippen molar-refractivity contribution in [3.05, 3.63) is 18.2 Å². The Morgan fingerprint density at radius 3 is 2.85 bits per heavy atom. The van der Waals surface area contributed by atoms with Crippen molar-refractivity contribution in [2.24, 2.45) is 5.73 Å². The normalized spacial score (nSPS) is 19.8. The Kier molecular flexibility index (Phi) is 8.16. The van der Waals surface area contributed by atoms with Crippen LogP contribution in [0, 0.1) is 0 Å². The van der Waals surface area contributed by atoms with Gasteiger partial charge in [0.1, 0.15) is 5.82 Å². The minimum atomic E-state index is -0.405. The van der Waals surface area contributed by atoms with Gasteiger partial charge in [-0.1, -0.05) is 6.92 Å². The number of halogens is 2. The summed E-state index contributed by atoms with van der Waals surface area (Å²) in [4.78, 5) is 18.2. The summed E-state index contributed by atoms with van der Waals surface area (Å²) in [5.41, 5.74) is 5.68. The van der Waals surface area contributed by atoms with Crippen LogP contribution in [0.3, 0.4) is 0 Å². The molecular weight excluding hydrogens is 299 g/mol. The molecule has 1 saturated heterocycles. The number of likely N-dealkylation sites (tertiary alicyclic amines) is 1. The van der Waals surface area contributed by atoms with Gasteiger partial charge in [-0.15, -0.1) is 24.8 Å². The zero-order chi connectivity index (χ0) is 13.1. The van der Waals surface area contributed by atoms with Gasteiger partial charge in [-0.05, 0) is 19.8 Å². The van der Waals surface area contributed by atoms with E-state index >= 15 is 0 Å².